The first kappa shape index (κ1) is 13.3. The van der Waals surface area contributed by atoms with E-state index in [9.17, 15) is 0 Å². The second-order valence-corrected chi connectivity index (χ2v) is 3.92. The molecule has 0 saturated heterocycles. The minimum atomic E-state index is 0.548. The average molecular weight is 259 g/mol. The lowest BCUT2D eigenvalue weighted by Crippen LogP contribution is -2.03. The Morgan fingerprint density at radius 3 is 2.37 bits per heavy atom. The van der Waals surface area contributed by atoms with Crippen molar-refractivity contribution in [3.05, 3.63) is 36.4 Å². The maximum Gasteiger partial charge on any atom is 0.148 e. The molecule has 0 fully saturated rings. The Balaban J connectivity index is 2.04. The minimum absolute atomic E-state index is 0.548. The zero-order valence-corrected chi connectivity index (χ0v) is 11.1. The summed E-state index contributed by atoms with van der Waals surface area (Å²) in [6.07, 6.45) is 0. The summed E-state index contributed by atoms with van der Waals surface area (Å²) < 4.78 is 10.4. The molecule has 0 unspecified atom stereocenters. The van der Waals surface area contributed by atoms with Crippen LogP contribution in [0.15, 0.2) is 36.4 Å². The molecule has 1 aromatic heterocycles. The van der Waals surface area contributed by atoms with E-state index in [1.807, 2.05) is 43.4 Å². The van der Waals surface area contributed by atoms with Crippen molar-refractivity contribution in [2.75, 3.05) is 32.7 Å². The molecular formula is C14H17N3O2. The highest BCUT2D eigenvalue weighted by atomic mass is 16.5. The quantitative estimate of drug-likeness (QED) is 0.806. The number of methoxy groups -OCH3 is 1. The number of nitrogens with zero attached hydrogens (tertiary/aromatic N) is 2. The largest absolute Gasteiger partial charge is 0.491 e. The first-order valence-electron chi connectivity index (χ1n) is 6.07. The maximum atomic E-state index is 5.50. The van der Waals surface area contributed by atoms with Crippen LogP contribution in [0.2, 0.25) is 0 Å². The van der Waals surface area contributed by atoms with Gasteiger partial charge in [0.2, 0.25) is 0 Å². The van der Waals surface area contributed by atoms with Gasteiger partial charge in [0.05, 0.1) is 12.3 Å². The summed E-state index contributed by atoms with van der Waals surface area (Å²) >= 11 is 0. The van der Waals surface area contributed by atoms with Crippen LogP contribution in [-0.2, 0) is 4.74 Å². The molecule has 0 saturated carbocycles. The minimum Gasteiger partial charge on any atom is -0.491 e. The van der Waals surface area contributed by atoms with Gasteiger partial charge in [-0.15, -0.1) is 10.2 Å². The molecule has 0 amide bonds. The summed E-state index contributed by atoms with van der Waals surface area (Å²) in [5.74, 6) is 1.57. The van der Waals surface area contributed by atoms with Gasteiger partial charge >= 0.3 is 0 Å². The third kappa shape index (κ3) is 3.66. The number of aromatic nitrogens is 2. The third-order valence-electron chi connectivity index (χ3n) is 2.63. The molecule has 0 aliphatic rings. The molecule has 0 spiro atoms. The first-order chi connectivity index (χ1) is 9.33. The van der Waals surface area contributed by atoms with Gasteiger partial charge in [-0.3, -0.25) is 0 Å². The van der Waals surface area contributed by atoms with Crippen LogP contribution in [0.25, 0.3) is 11.3 Å². The molecule has 1 aromatic carbocycles. The summed E-state index contributed by atoms with van der Waals surface area (Å²) in [6, 6.07) is 11.6. The van der Waals surface area contributed by atoms with Crippen LogP contribution in [0.3, 0.4) is 0 Å². The summed E-state index contributed by atoms with van der Waals surface area (Å²) in [5.41, 5.74) is 1.84. The van der Waals surface area contributed by atoms with Crippen molar-refractivity contribution in [3.63, 3.8) is 0 Å². The van der Waals surface area contributed by atoms with Gasteiger partial charge < -0.3 is 14.8 Å². The van der Waals surface area contributed by atoms with E-state index in [0.29, 0.717) is 13.2 Å². The lowest BCUT2D eigenvalue weighted by atomic mass is 10.1. The van der Waals surface area contributed by atoms with Crippen molar-refractivity contribution >= 4 is 5.82 Å². The zero-order chi connectivity index (χ0) is 13.5. The highest BCUT2D eigenvalue weighted by molar-refractivity contribution is 5.60. The smallest absolute Gasteiger partial charge is 0.148 e. The Labute approximate surface area is 112 Å². The van der Waals surface area contributed by atoms with Gasteiger partial charge in [-0.05, 0) is 36.4 Å². The van der Waals surface area contributed by atoms with Crippen LogP contribution >= 0.6 is 0 Å². The monoisotopic (exact) mass is 259 g/mol. The molecule has 2 aromatic rings. The van der Waals surface area contributed by atoms with Gasteiger partial charge in [0.15, 0.2) is 0 Å². The molecule has 0 bridgehead atoms. The number of nitrogens with one attached hydrogen (secondary N) is 1. The second-order valence-electron chi connectivity index (χ2n) is 3.92. The molecule has 5 nitrogen and oxygen atoms in total. The SMILES string of the molecule is CNc1ccc(-c2ccc(OCCOC)cc2)nn1. The topological polar surface area (TPSA) is 56.3 Å². The van der Waals surface area contributed by atoms with Gasteiger partial charge in [-0.25, -0.2) is 0 Å². The number of hydrogen-bond donors (Lipinski definition) is 1. The molecular weight excluding hydrogens is 242 g/mol. The van der Waals surface area contributed by atoms with Crippen LogP contribution in [0.1, 0.15) is 0 Å². The van der Waals surface area contributed by atoms with E-state index in [-0.39, 0.29) is 0 Å². The van der Waals surface area contributed by atoms with Gasteiger partial charge in [0.1, 0.15) is 18.2 Å². The molecule has 2 rings (SSSR count). The zero-order valence-electron chi connectivity index (χ0n) is 11.1. The van der Waals surface area contributed by atoms with Crippen molar-refractivity contribution in [1.82, 2.24) is 10.2 Å². The Bertz CT molecular complexity index is 497. The average Bonchev–Trinajstić information content (AvgIpc) is 2.48. The van der Waals surface area contributed by atoms with E-state index in [0.717, 1.165) is 22.8 Å². The Hall–Kier alpha value is -2.14. The highest BCUT2D eigenvalue weighted by Crippen LogP contribution is 2.20. The van der Waals surface area contributed by atoms with E-state index >= 15 is 0 Å². The Kier molecular flexibility index (Phi) is 4.69. The van der Waals surface area contributed by atoms with Crippen LogP contribution < -0.4 is 10.1 Å². The van der Waals surface area contributed by atoms with E-state index < -0.39 is 0 Å². The lowest BCUT2D eigenvalue weighted by molar-refractivity contribution is 0.146. The van der Waals surface area contributed by atoms with Gasteiger partial charge in [0.25, 0.3) is 0 Å². The number of benzene rings is 1. The summed E-state index contributed by atoms with van der Waals surface area (Å²) in [5, 5.41) is 11.1. The van der Waals surface area contributed by atoms with Crippen molar-refractivity contribution in [3.8, 4) is 17.0 Å². The molecule has 0 atom stereocenters. The van der Waals surface area contributed by atoms with Gasteiger partial charge in [0, 0.05) is 19.7 Å². The number of rotatable bonds is 6. The number of ether oxygens (including phenoxy) is 2. The van der Waals surface area contributed by atoms with Crippen molar-refractivity contribution in [2.24, 2.45) is 0 Å². The Morgan fingerprint density at radius 1 is 1.00 bits per heavy atom. The maximum absolute atomic E-state index is 5.50. The molecule has 1 heterocycles. The fraction of sp³-hybridized carbons (Fsp3) is 0.286. The first-order valence-corrected chi connectivity index (χ1v) is 6.07. The molecule has 1 N–H and O–H groups in total. The fourth-order valence-electron chi connectivity index (χ4n) is 1.58. The van der Waals surface area contributed by atoms with Crippen molar-refractivity contribution < 1.29 is 9.47 Å². The molecule has 0 aliphatic carbocycles. The summed E-state index contributed by atoms with van der Waals surface area (Å²) in [7, 11) is 3.47. The predicted molar refractivity (Wildman–Crippen MR) is 74.4 cm³/mol. The van der Waals surface area contributed by atoms with Crippen LogP contribution in [0.5, 0.6) is 5.75 Å². The third-order valence-corrected chi connectivity index (χ3v) is 2.63. The molecule has 0 radical (unpaired) electrons. The summed E-state index contributed by atoms with van der Waals surface area (Å²) in [6.45, 7) is 1.13. The summed E-state index contributed by atoms with van der Waals surface area (Å²) in [4.78, 5) is 0. The number of anilines is 1. The standard InChI is InChI=1S/C14H17N3O2/c1-15-14-8-7-13(16-17-14)11-3-5-12(6-4-11)19-10-9-18-2/h3-8H,9-10H2,1-2H3,(H,15,17). The lowest BCUT2D eigenvalue weighted by Gasteiger charge is -2.06. The van der Waals surface area contributed by atoms with Gasteiger partial charge in [-0.1, -0.05) is 0 Å². The van der Waals surface area contributed by atoms with E-state index in [1.165, 1.54) is 0 Å². The van der Waals surface area contributed by atoms with E-state index in [4.69, 9.17) is 9.47 Å². The second kappa shape index (κ2) is 6.70. The molecule has 100 valence electrons. The highest BCUT2D eigenvalue weighted by Gasteiger charge is 2.01. The van der Waals surface area contributed by atoms with E-state index in [2.05, 4.69) is 15.5 Å². The van der Waals surface area contributed by atoms with E-state index in [1.54, 1.807) is 7.11 Å². The van der Waals surface area contributed by atoms with Crippen molar-refractivity contribution in [2.45, 2.75) is 0 Å². The fourth-order valence-corrected chi connectivity index (χ4v) is 1.58. The molecule has 5 heteroatoms. The van der Waals surface area contributed by atoms with Crippen LogP contribution in [-0.4, -0.2) is 37.6 Å². The number of hydrogen-bond acceptors (Lipinski definition) is 5. The normalized spacial score (nSPS) is 10.2. The Morgan fingerprint density at radius 2 is 1.79 bits per heavy atom. The van der Waals surface area contributed by atoms with Gasteiger partial charge in [-0.2, -0.15) is 0 Å². The van der Waals surface area contributed by atoms with Crippen LogP contribution in [0, 0.1) is 0 Å². The molecule has 19 heavy (non-hydrogen) atoms. The van der Waals surface area contributed by atoms with Crippen LogP contribution in [0.4, 0.5) is 5.82 Å². The molecule has 0 aliphatic heterocycles. The van der Waals surface area contributed by atoms with Crippen molar-refractivity contribution in [1.29, 1.82) is 0 Å². The predicted octanol–water partition coefficient (Wildman–Crippen LogP) is 2.21.